The lowest BCUT2D eigenvalue weighted by Gasteiger charge is -2.50. The highest BCUT2D eigenvalue weighted by molar-refractivity contribution is 7.97. The van der Waals surface area contributed by atoms with Crippen molar-refractivity contribution in [2.45, 2.75) is 80.9 Å². The molecule has 184 valence electrons. The number of urea groups is 1. The van der Waals surface area contributed by atoms with Crippen LogP contribution in [0.1, 0.15) is 70.0 Å². The highest BCUT2D eigenvalue weighted by atomic mass is 32.2. The van der Waals surface area contributed by atoms with Crippen LogP contribution in [0.25, 0.3) is 0 Å². The molecule has 1 spiro atoms. The Morgan fingerprint density at radius 3 is 2.33 bits per heavy atom. The molecular formula is C26H42N4O2S. The summed E-state index contributed by atoms with van der Waals surface area (Å²) in [6.07, 6.45) is 11.0. The number of hydrogen-bond acceptors (Lipinski definition) is 3. The van der Waals surface area contributed by atoms with E-state index in [2.05, 4.69) is 44.7 Å². The minimum atomic E-state index is -2.11. The van der Waals surface area contributed by atoms with Crippen LogP contribution in [-0.2, 0) is 15.1 Å². The smallest absolute Gasteiger partial charge is 0.317 e. The fourth-order valence-electron chi connectivity index (χ4n) is 7.29. The van der Waals surface area contributed by atoms with E-state index in [9.17, 15) is 9.00 Å². The maximum Gasteiger partial charge on any atom is 0.317 e. The second-order valence-corrected chi connectivity index (χ2v) is 13.5. The van der Waals surface area contributed by atoms with E-state index >= 15 is 0 Å². The van der Waals surface area contributed by atoms with Crippen molar-refractivity contribution < 1.29 is 10.4 Å². The van der Waals surface area contributed by atoms with Crippen LogP contribution in [0.3, 0.4) is 0 Å². The van der Waals surface area contributed by atoms with Crippen molar-refractivity contribution in [3.63, 3.8) is 0 Å². The number of likely N-dealkylation sites (tertiary alicyclic amines) is 1. The SMILES string of the molecule is C=S(C)(=O)N1C2CCC1CC(N1CCC3(CC[C@@H](NC(=O)N(C)C)c4ccccc43)CC1)C2.[HH]. The molecule has 1 aliphatic carbocycles. The highest BCUT2D eigenvalue weighted by Crippen LogP contribution is 2.49. The third-order valence-corrected chi connectivity index (χ3v) is 10.4. The van der Waals surface area contributed by atoms with Crippen molar-refractivity contribution in [2.24, 2.45) is 0 Å². The van der Waals surface area contributed by atoms with E-state index in [4.69, 9.17) is 0 Å². The molecule has 7 heteroatoms. The largest absolute Gasteiger partial charge is 0.331 e. The van der Waals surface area contributed by atoms with Gasteiger partial charge in [0.05, 0.1) is 6.04 Å². The second-order valence-electron chi connectivity index (χ2n) is 11.2. The fourth-order valence-corrected chi connectivity index (χ4v) is 8.94. The van der Waals surface area contributed by atoms with Gasteiger partial charge in [-0.15, -0.1) is 0 Å². The lowest BCUT2D eigenvalue weighted by atomic mass is 9.63. The number of carbonyl (C=O) groups is 1. The van der Waals surface area contributed by atoms with E-state index in [0.717, 1.165) is 38.8 Å². The van der Waals surface area contributed by atoms with E-state index in [0.29, 0.717) is 18.1 Å². The molecular weight excluding hydrogens is 432 g/mol. The van der Waals surface area contributed by atoms with E-state index in [-0.39, 0.29) is 18.9 Å². The molecule has 3 unspecified atom stereocenters. The average Bonchev–Trinajstić information content (AvgIpc) is 3.07. The fraction of sp³-hybridized carbons (Fsp3) is 0.692. The Balaban J connectivity index is 0.00000274. The standard InChI is InChI=1S/C26H40N4O2S.H2/c1-28(2)25(31)27-24-11-12-26(23-8-6-5-7-22(23)24)13-15-29(16-14-26)21-17-19-9-10-20(18-21)30(19)33(3,4)32;/h5-8,19-21,24H,3,9-18H2,1-2,4H3,(H,27,31);1H/t19?,20?,21?,24-,33?;/m1./s1. The number of amides is 2. The number of benzene rings is 1. The molecule has 0 aromatic heterocycles. The monoisotopic (exact) mass is 474 g/mol. The summed E-state index contributed by atoms with van der Waals surface area (Å²) in [5.74, 6) is 4.00. The third kappa shape index (κ3) is 4.21. The van der Waals surface area contributed by atoms with Crippen molar-refractivity contribution in [1.29, 1.82) is 0 Å². The summed E-state index contributed by atoms with van der Waals surface area (Å²) in [5, 5.41) is 3.23. The number of carbonyl (C=O) groups excluding carboxylic acids is 1. The van der Waals surface area contributed by atoms with Crippen LogP contribution >= 0.6 is 0 Å². The van der Waals surface area contributed by atoms with Crippen molar-refractivity contribution in [1.82, 2.24) is 19.4 Å². The molecule has 2 bridgehead atoms. The maximum atomic E-state index is 12.7. The van der Waals surface area contributed by atoms with Gasteiger partial charge in [-0.3, -0.25) is 4.21 Å². The van der Waals surface area contributed by atoms with Gasteiger partial charge >= 0.3 is 6.03 Å². The first-order valence-corrected chi connectivity index (χ1v) is 14.7. The van der Waals surface area contributed by atoms with Crippen LogP contribution in [0.4, 0.5) is 4.79 Å². The Bertz CT molecular complexity index is 992. The van der Waals surface area contributed by atoms with E-state index < -0.39 is 9.71 Å². The van der Waals surface area contributed by atoms with Crippen LogP contribution in [-0.4, -0.2) is 81.8 Å². The van der Waals surface area contributed by atoms with Crippen LogP contribution in [0, 0.1) is 0 Å². The Kier molecular flexibility index (Phi) is 6.03. The Labute approximate surface area is 201 Å². The zero-order chi connectivity index (χ0) is 23.4. The molecule has 1 aromatic rings. The number of piperidine rings is 2. The molecule has 3 aliphatic heterocycles. The van der Waals surface area contributed by atoms with Crippen LogP contribution in [0.15, 0.2) is 24.3 Å². The van der Waals surface area contributed by atoms with Crippen LogP contribution in [0.5, 0.6) is 0 Å². The van der Waals surface area contributed by atoms with Gasteiger partial charge in [0.2, 0.25) is 0 Å². The Morgan fingerprint density at radius 2 is 1.73 bits per heavy atom. The average molecular weight is 475 g/mol. The molecule has 3 saturated heterocycles. The molecule has 2 amide bonds. The van der Waals surface area contributed by atoms with Gasteiger partial charge in [0.25, 0.3) is 0 Å². The van der Waals surface area contributed by atoms with Gasteiger partial charge in [-0.2, -0.15) is 0 Å². The van der Waals surface area contributed by atoms with Crippen LogP contribution in [0.2, 0.25) is 0 Å². The summed E-state index contributed by atoms with van der Waals surface area (Å²) < 4.78 is 15.0. The van der Waals surface area contributed by atoms with Gasteiger partial charge in [0, 0.05) is 49.6 Å². The molecule has 4 atom stereocenters. The van der Waals surface area contributed by atoms with E-state index in [1.54, 1.807) is 19.0 Å². The first-order valence-electron chi connectivity index (χ1n) is 12.6. The normalized spacial score (nSPS) is 33.3. The first kappa shape index (κ1) is 23.2. The molecule has 4 aliphatic rings. The molecule has 1 aromatic carbocycles. The van der Waals surface area contributed by atoms with Gasteiger partial charge in [0.15, 0.2) is 0 Å². The van der Waals surface area contributed by atoms with Gasteiger partial charge < -0.3 is 15.1 Å². The Hall–Kier alpha value is -1.57. The second kappa shape index (κ2) is 8.58. The molecule has 5 rings (SSSR count). The predicted molar refractivity (Wildman–Crippen MR) is 138 cm³/mol. The molecule has 0 radical (unpaired) electrons. The number of rotatable bonds is 3. The number of nitrogens with one attached hydrogen (secondary N) is 1. The van der Waals surface area contributed by atoms with Crippen molar-refractivity contribution in [3.8, 4) is 0 Å². The number of hydrogen-bond donors (Lipinski definition) is 1. The summed E-state index contributed by atoms with van der Waals surface area (Å²) in [6.45, 7) is 2.28. The molecule has 6 nitrogen and oxygen atoms in total. The molecule has 3 fully saturated rings. The predicted octanol–water partition coefficient (Wildman–Crippen LogP) is 3.63. The van der Waals surface area contributed by atoms with Gasteiger partial charge in [-0.1, -0.05) is 24.3 Å². The summed E-state index contributed by atoms with van der Waals surface area (Å²) in [5.41, 5.74) is 3.00. The summed E-state index contributed by atoms with van der Waals surface area (Å²) in [7, 11) is 1.49. The first-order chi connectivity index (χ1) is 15.7. The molecule has 33 heavy (non-hydrogen) atoms. The zero-order valence-corrected chi connectivity index (χ0v) is 21.3. The van der Waals surface area contributed by atoms with Gasteiger partial charge in [0.1, 0.15) is 0 Å². The van der Waals surface area contributed by atoms with Gasteiger partial charge in [-0.25, -0.2) is 9.10 Å². The molecule has 1 N–H and O–H groups in total. The van der Waals surface area contributed by atoms with Crippen molar-refractivity contribution in [2.75, 3.05) is 33.4 Å². The highest BCUT2D eigenvalue weighted by Gasteiger charge is 2.47. The maximum absolute atomic E-state index is 12.7. The minimum Gasteiger partial charge on any atom is -0.331 e. The topological polar surface area (TPSA) is 55.9 Å². The van der Waals surface area contributed by atoms with Gasteiger partial charge in [-0.05, 0) is 86.9 Å². The lowest BCUT2D eigenvalue weighted by Crippen LogP contribution is -2.55. The van der Waals surface area contributed by atoms with Crippen LogP contribution < -0.4 is 5.32 Å². The summed E-state index contributed by atoms with van der Waals surface area (Å²) in [6, 6.07) is 10.4. The summed E-state index contributed by atoms with van der Waals surface area (Å²) in [4.78, 5) is 16.7. The van der Waals surface area contributed by atoms with E-state index in [1.165, 1.54) is 36.8 Å². The summed E-state index contributed by atoms with van der Waals surface area (Å²) >= 11 is 0. The lowest BCUT2D eigenvalue weighted by molar-refractivity contribution is 0.0591. The number of fused-ring (bicyclic) bond motifs is 4. The van der Waals surface area contributed by atoms with Crippen molar-refractivity contribution in [3.05, 3.63) is 35.4 Å². The zero-order valence-electron chi connectivity index (χ0n) is 20.5. The minimum absolute atomic E-state index is 0. The number of nitrogens with zero attached hydrogens (tertiary/aromatic N) is 3. The third-order valence-electron chi connectivity index (χ3n) is 8.88. The molecule has 3 heterocycles. The van der Waals surface area contributed by atoms with E-state index in [1.807, 2.05) is 6.26 Å². The molecule has 0 saturated carbocycles. The van der Waals surface area contributed by atoms with Crippen molar-refractivity contribution >= 4 is 21.6 Å². The quantitative estimate of drug-likeness (QED) is 0.681. The Morgan fingerprint density at radius 1 is 1.09 bits per heavy atom.